The summed E-state index contributed by atoms with van der Waals surface area (Å²) in [5.41, 5.74) is 2.52. The molecule has 4 rings (SSSR count). The molecule has 3 aromatic rings. The van der Waals surface area contributed by atoms with Crippen molar-refractivity contribution in [1.82, 2.24) is 5.32 Å². The van der Waals surface area contributed by atoms with Gasteiger partial charge in [0.15, 0.2) is 6.61 Å². The fourth-order valence-corrected chi connectivity index (χ4v) is 3.66. The van der Waals surface area contributed by atoms with Gasteiger partial charge in [-0.1, -0.05) is 24.3 Å². The van der Waals surface area contributed by atoms with E-state index in [-0.39, 0.29) is 29.3 Å². The average molecular weight is 514 g/mol. The van der Waals surface area contributed by atoms with Crippen molar-refractivity contribution < 1.29 is 28.8 Å². The third kappa shape index (κ3) is 5.57. The molecule has 1 fully saturated rings. The molecule has 38 heavy (non-hydrogen) atoms. The molecule has 3 aromatic carbocycles. The van der Waals surface area contributed by atoms with Crippen LogP contribution < -0.4 is 20.3 Å². The van der Waals surface area contributed by atoms with E-state index in [0.717, 1.165) is 23.3 Å². The van der Waals surface area contributed by atoms with Crippen molar-refractivity contribution in [3.63, 3.8) is 0 Å². The first-order chi connectivity index (χ1) is 18.1. The summed E-state index contributed by atoms with van der Waals surface area (Å²) in [6, 6.07) is 15.7. The number of barbiturate groups is 1. The summed E-state index contributed by atoms with van der Waals surface area (Å²) in [7, 11) is 0. The maximum Gasteiger partial charge on any atom is 0.335 e. The van der Waals surface area contributed by atoms with Gasteiger partial charge in [0.05, 0.1) is 10.6 Å². The van der Waals surface area contributed by atoms with Crippen molar-refractivity contribution in [2.45, 2.75) is 13.8 Å². The molecule has 0 radical (unpaired) electrons. The highest BCUT2D eigenvalue weighted by Crippen LogP contribution is 2.27. The Labute approximate surface area is 216 Å². The number of para-hydroxylation sites is 1. The lowest BCUT2D eigenvalue weighted by molar-refractivity contribution is -0.384. The molecule has 5 amide bonds. The van der Waals surface area contributed by atoms with Crippen LogP contribution in [0.15, 0.2) is 72.3 Å². The summed E-state index contributed by atoms with van der Waals surface area (Å²) in [5.74, 6) is -2.01. The highest BCUT2D eigenvalue weighted by molar-refractivity contribution is 6.39. The molecule has 1 aliphatic rings. The van der Waals surface area contributed by atoms with Crippen LogP contribution in [-0.2, 0) is 14.4 Å². The lowest BCUT2D eigenvalue weighted by atomic mass is 10.1. The van der Waals surface area contributed by atoms with Gasteiger partial charge in [-0.25, -0.2) is 9.69 Å². The Morgan fingerprint density at radius 3 is 2.42 bits per heavy atom. The molecular formula is C27H22N4O7. The van der Waals surface area contributed by atoms with Gasteiger partial charge in [-0.3, -0.25) is 29.8 Å². The number of amides is 5. The van der Waals surface area contributed by atoms with E-state index in [4.69, 9.17) is 4.74 Å². The minimum absolute atomic E-state index is 0.0454. The third-order valence-electron chi connectivity index (χ3n) is 5.79. The van der Waals surface area contributed by atoms with Crippen LogP contribution in [0, 0.1) is 24.0 Å². The van der Waals surface area contributed by atoms with Gasteiger partial charge in [-0.2, -0.15) is 0 Å². The van der Waals surface area contributed by atoms with E-state index in [1.807, 2.05) is 26.0 Å². The molecule has 0 spiro atoms. The van der Waals surface area contributed by atoms with Gasteiger partial charge < -0.3 is 10.1 Å². The maximum atomic E-state index is 13.1. The zero-order valence-electron chi connectivity index (χ0n) is 20.4. The number of carbonyl (C=O) groups excluding carboxylic acids is 4. The van der Waals surface area contributed by atoms with Crippen molar-refractivity contribution in [3.8, 4) is 5.75 Å². The molecule has 0 saturated carbocycles. The van der Waals surface area contributed by atoms with Gasteiger partial charge in [-0.15, -0.1) is 0 Å². The first-order valence-electron chi connectivity index (χ1n) is 11.4. The minimum atomic E-state index is -0.987. The molecule has 11 heteroatoms. The summed E-state index contributed by atoms with van der Waals surface area (Å²) < 4.78 is 5.66. The second-order valence-electron chi connectivity index (χ2n) is 8.41. The Hall–Kier alpha value is -5.32. The molecule has 0 aromatic heterocycles. The summed E-state index contributed by atoms with van der Waals surface area (Å²) in [6.07, 6.45) is 1.25. The van der Waals surface area contributed by atoms with E-state index < -0.39 is 28.7 Å². The molecule has 0 atom stereocenters. The second-order valence-corrected chi connectivity index (χ2v) is 8.41. The predicted octanol–water partition coefficient (Wildman–Crippen LogP) is 3.90. The molecule has 192 valence electrons. The number of carbonyl (C=O) groups is 4. The summed E-state index contributed by atoms with van der Waals surface area (Å²) in [4.78, 5) is 61.5. The number of urea groups is 1. The number of nitro groups is 1. The van der Waals surface area contributed by atoms with Gasteiger partial charge in [-0.05, 0) is 61.4 Å². The van der Waals surface area contributed by atoms with Gasteiger partial charge in [0.25, 0.3) is 23.4 Å². The smallest absolute Gasteiger partial charge is 0.335 e. The van der Waals surface area contributed by atoms with Gasteiger partial charge in [0, 0.05) is 23.4 Å². The Bertz CT molecular complexity index is 1500. The van der Waals surface area contributed by atoms with E-state index in [2.05, 4.69) is 10.6 Å². The average Bonchev–Trinajstić information content (AvgIpc) is 2.88. The van der Waals surface area contributed by atoms with Crippen molar-refractivity contribution in [1.29, 1.82) is 0 Å². The third-order valence-corrected chi connectivity index (χ3v) is 5.79. The number of imide groups is 2. The molecule has 0 unspecified atom stereocenters. The Morgan fingerprint density at radius 2 is 1.74 bits per heavy atom. The summed E-state index contributed by atoms with van der Waals surface area (Å²) in [6.45, 7) is 3.57. The number of non-ortho nitro benzene ring substituents is 1. The molecule has 1 heterocycles. The lowest BCUT2D eigenvalue weighted by Gasteiger charge is -2.26. The topological polar surface area (TPSA) is 148 Å². The SMILES string of the molecule is Cc1ccc(NC(=O)COc2ccccc2/C=C2/C(=O)NC(=O)N(c3ccc([N+](=O)[O-])cc3)C2=O)cc1C. The quantitative estimate of drug-likeness (QED) is 0.210. The zero-order valence-corrected chi connectivity index (χ0v) is 20.4. The summed E-state index contributed by atoms with van der Waals surface area (Å²) >= 11 is 0. The number of anilines is 2. The van der Waals surface area contributed by atoms with E-state index in [1.54, 1.807) is 30.3 Å². The molecule has 0 aliphatic carbocycles. The monoisotopic (exact) mass is 514 g/mol. The Morgan fingerprint density at radius 1 is 1.03 bits per heavy atom. The minimum Gasteiger partial charge on any atom is -0.483 e. The number of hydrogen-bond acceptors (Lipinski definition) is 7. The number of aryl methyl sites for hydroxylation is 2. The van der Waals surface area contributed by atoms with Crippen molar-refractivity contribution >= 4 is 46.9 Å². The second kappa shape index (κ2) is 10.7. The number of rotatable bonds is 7. The standard InChI is InChI=1S/C27H22N4O7/c1-16-7-8-19(13-17(16)2)28-24(32)15-38-23-6-4-3-5-18(23)14-22-25(33)29-27(35)30(26(22)34)20-9-11-21(12-10-20)31(36)37/h3-14H,15H2,1-2H3,(H,28,32)(H,29,33,35)/b22-14-. The Kier molecular flexibility index (Phi) is 7.28. The van der Waals surface area contributed by atoms with Crippen LogP contribution in [0.4, 0.5) is 21.9 Å². The molecule has 1 aliphatic heterocycles. The van der Waals surface area contributed by atoms with Crippen LogP contribution >= 0.6 is 0 Å². The summed E-state index contributed by atoms with van der Waals surface area (Å²) in [5, 5.41) is 15.8. The van der Waals surface area contributed by atoms with Crippen molar-refractivity contribution in [2.75, 3.05) is 16.8 Å². The molecule has 0 bridgehead atoms. The molecule has 1 saturated heterocycles. The fourth-order valence-electron chi connectivity index (χ4n) is 3.66. The lowest BCUT2D eigenvalue weighted by Crippen LogP contribution is -2.54. The highest BCUT2D eigenvalue weighted by Gasteiger charge is 2.37. The zero-order chi connectivity index (χ0) is 27.4. The maximum absolute atomic E-state index is 13.1. The predicted molar refractivity (Wildman–Crippen MR) is 139 cm³/mol. The molecule has 11 nitrogen and oxygen atoms in total. The van der Waals surface area contributed by atoms with Crippen molar-refractivity contribution in [3.05, 3.63) is 99.1 Å². The number of nitro benzene ring substituents is 1. The largest absolute Gasteiger partial charge is 0.483 e. The number of nitrogens with one attached hydrogen (secondary N) is 2. The molecule has 2 N–H and O–H groups in total. The van der Waals surface area contributed by atoms with Gasteiger partial charge in [0.1, 0.15) is 11.3 Å². The van der Waals surface area contributed by atoms with Gasteiger partial charge in [0.2, 0.25) is 0 Å². The van der Waals surface area contributed by atoms with Crippen LogP contribution in [0.25, 0.3) is 6.08 Å². The normalized spacial score (nSPS) is 14.3. The van der Waals surface area contributed by atoms with Crippen LogP contribution in [0.1, 0.15) is 16.7 Å². The number of nitrogens with zero attached hydrogens (tertiary/aromatic N) is 2. The van der Waals surface area contributed by atoms with Crippen LogP contribution in [0.3, 0.4) is 0 Å². The van der Waals surface area contributed by atoms with Crippen LogP contribution in [0.2, 0.25) is 0 Å². The number of ether oxygens (including phenoxy) is 1. The van der Waals surface area contributed by atoms with Crippen LogP contribution in [0.5, 0.6) is 5.75 Å². The molecular weight excluding hydrogens is 492 g/mol. The number of benzene rings is 3. The van der Waals surface area contributed by atoms with E-state index in [9.17, 15) is 29.3 Å². The fraction of sp³-hybridized carbons (Fsp3) is 0.111. The van der Waals surface area contributed by atoms with E-state index in [0.29, 0.717) is 16.2 Å². The number of hydrogen-bond donors (Lipinski definition) is 2. The van der Waals surface area contributed by atoms with E-state index in [1.165, 1.54) is 18.2 Å². The Balaban J connectivity index is 1.53. The first kappa shape index (κ1) is 25.8. The van der Waals surface area contributed by atoms with Crippen LogP contribution in [-0.4, -0.2) is 35.3 Å². The van der Waals surface area contributed by atoms with Gasteiger partial charge >= 0.3 is 6.03 Å². The first-order valence-corrected chi connectivity index (χ1v) is 11.4. The van der Waals surface area contributed by atoms with Crippen molar-refractivity contribution in [2.24, 2.45) is 0 Å². The highest BCUT2D eigenvalue weighted by atomic mass is 16.6. The van der Waals surface area contributed by atoms with E-state index >= 15 is 0 Å².